The minimum absolute atomic E-state index is 0.198. The third kappa shape index (κ3) is 2.27. The van der Waals surface area contributed by atoms with Crippen molar-refractivity contribution in [2.75, 3.05) is 6.61 Å². The number of aromatic nitrogens is 4. The van der Waals surface area contributed by atoms with Crippen LogP contribution in [0.5, 0.6) is 0 Å². The molecule has 0 spiro atoms. The van der Waals surface area contributed by atoms with Crippen molar-refractivity contribution >= 4 is 0 Å². The van der Waals surface area contributed by atoms with Crippen molar-refractivity contribution in [1.29, 1.82) is 0 Å². The van der Waals surface area contributed by atoms with Gasteiger partial charge in [-0.1, -0.05) is 12.1 Å². The van der Waals surface area contributed by atoms with Crippen LogP contribution in [0.1, 0.15) is 33.5 Å². The van der Waals surface area contributed by atoms with E-state index >= 15 is 0 Å². The van der Waals surface area contributed by atoms with Gasteiger partial charge in [0.25, 0.3) is 0 Å². The second-order valence-electron chi connectivity index (χ2n) is 2.15. The number of tetrazole rings is 1. The Morgan fingerprint density at radius 2 is 2.64 bits per heavy atom. The summed E-state index contributed by atoms with van der Waals surface area (Å²) < 4.78 is 12.5. The van der Waals surface area contributed by atoms with E-state index in [1.165, 1.54) is 0 Å². The number of hydrogen-bond donors (Lipinski definition) is 1. The van der Waals surface area contributed by atoms with Gasteiger partial charge in [-0.05, 0) is 13.3 Å². The van der Waals surface area contributed by atoms with E-state index in [0.717, 1.165) is 0 Å². The molecule has 0 aromatic carbocycles. The highest BCUT2D eigenvalue weighted by Crippen LogP contribution is 2.09. The minimum atomic E-state index is -0.223. The molecule has 2 atom stereocenters. The number of hydrogen-bond acceptors (Lipinski definition) is 4. The molecule has 0 aliphatic carbocycles. The fraction of sp³-hybridized carbons (Fsp3) is 0.833. The van der Waals surface area contributed by atoms with E-state index in [2.05, 4.69) is 20.6 Å². The normalized spacial score (nSPS) is 17.5. The second-order valence-corrected chi connectivity index (χ2v) is 2.15. The summed E-state index contributed by atoms with van der Waals surface area (Å²) in [5.74, 6) is 0.524. The van der Waals surface area contributed by atoms with Crippen molar-refractivity contribution in [1.82, 2.24) is 20.6 Å². The Morgan fingerprint density at radius 3 is 3.18 bits per heavy atom. The second kappa shape index (κ2) is 4.02. The SMILES string of the molecule is [2H]C(C)COC(C)c1nn[nH]n1. The maximum absolute atomic E-state index is 7.21. The molecule has 1 aromatic rings. The first kappa shape index (κ1) is 6.72. The molecule has 62 valence electrons. The van der Waals surface area contributed by atoms with Crippen LogP contribution in [0.3, 0.4) is 0 Å². The van der Waals surface area contributed by atoms with Gasteiger partial charge in [-0.15, -0.1) is 10.2 Å². The fourth-order valence-electron chi connectivity index (χ4n) is 0.657. The van der Waals surface area contributed by atoms with Crippen LogP contribution in [0, 0.1) is 0 Å². The summed E-state index contributed by atoms with van der Waals surface area (Å²) in [5, 5.41) is 13.3. The van der Waals surface area contributed by atoms with Gasteiger partial charge in [-0.25, -0.2) is 0 Å². The van der Waals surface area contributed by atoms with Crippen molar-refractivity contribution < 1.29 is 6.11 Å². The standard InChI is InChI=1S/C6H12N4O/c1-3-4-11-5(2)6-7-9-10-8-6/h5H,3-4H2,1-2H3,(H,7,8,9,10)/i3D. The van der Waals surface area contributed by atoms with Crippen LogP contribution in [0.4, 0.5) is 0 Å². The molecule has 1 rings (SSSR count). The highest BCUT2D eigenvalue weighted by Gasteiger charge is 2.08. The molecule has 5 heteroatoms. The molecule has 11 heavy (non-hydrogen) atoms. The summed E-state index contributed by atoms with van der Waals surface area (Å²) in [4.78, 5) is 0. The molecule has 0 radical (unpaired) electrons. The molecule has 0 amide bonds. The lowest BCUT2D eigenvalue weighted by atomic mass is 10.4. The molecule has 5 nitrogen and oxygen atoms in total. The molecule has 1 heterocycles. The topological polar surface area (TPSA) is 63.7 Å². The Hall–Kier alpha value is -0.970. The molecular weight excluding hydrogens is 144 g/mol. The van der Waals surface area contributed by atoms with Crippen LogP contribution in [0.25, 0.3) is 0 Å². The van der Waals surface area contributed by atoms with Crippen molar-refractivity contribution in [3.63, 3.8) is 0 Å². The third-order valence-corrected chi connectivity index (χ3v) is 1.24. The number of nitrogens with zero attached hydrogens (tertiary/aromatic N) is 3. The van der Waals surface area contributed by atoms with E-state index in [1.807, 2.05) is 6.92 Å². The molecule has 2 unspecified atom stereocenters. The molecule has 0 aliphatic rings. The average molecular weight is 157 g/mol. The van der Waals surface area contributed by atoms with Gasteiger partial charge < -0.3 is 4.74 Å². The van der Waals surface area contributed by atoms with Gasteiger partial charge in [-0.2, -0.15) is 5.21 Å². The van der Waals surface area contributed by atoms with Gasteiger partial charge in [0.2, 0.25) is 5.82 Å². The lowest BCUT2D eigenvalue weighted by Gasteiger charge is -2.06. The summed E-state index contributed by atoms with van der Waals surface area (Å²) in [7, 11) is 0. The number of ether oxygens (including phenoxy) is 1. The van der Waals surface area contributed by atoms with Crippen molar-refractivity contribution in [2.45, 2.75) is 26.3 Å². The van der Waals surface area contributed by atoms with Gasteiger partial charge in [0.15, 0.2) is 0 Å². The predicted molar refractivity (Wildman–Crippen MR) is 38.8 cm³/mol. The van der Waals surface area contributed by atoms with Crippen LogP contribution in [0.15, 0.2) is 0 Å². The number of H-pyrrole nitrogens is 1. The smallest absolute Gasteiger partial charge is 0.202 e. The molecule has 1 aromatic heterocycles. The minimum Gasteiger partial charge on any atom is -0.370 e. The summed E-state index contributed by atoms with van der Waals surface area (Å²) in [6.07, 6.45) is -0.420. The lowest BCUT2D eigenvalue weighted by molar-refractivity contribution is 0.0603. The van der Waals surface area contributed by atoms with Crippen molar-refractivity contribution in [3.05, 3.63) is 5.82 Å². The van der Waals surface area contributed by atoms with Crippen LogP contribution >= 0.6 is 0 Å². The zero-order chi connectivity index (χ0) is 8.97. The molecule has 0 aliphatic heterocycles. The number of aromatic amines is 1. The van der Waals surface area contributed by atoms with Gasteiger partial charge >= 0.3 is 0 Å². The summed E-state index contributed by atoms with van der Waals surface area (Å²) in [6.45, 7) is 3.98. The fourth-order valence-corrected chi connectivity index (χ4v) is 0.657. The van der Waals surface area contributed by atoms with Crippen LogP contribution in [-0.2, 0) is 4.74 Å². The Kier molecular flexibility index (Phi) is 2.46. The molecule has 0 bridgehead atoms. The first-order valence-electron chi connectivity index (χ1n) is 4.05. The quantitative estimate of drug-likeness (QED) is 0.698. The molecule has 1 N–H and O–H groups in total. The lowest BCUT2D eigenvalue weighted by Crippen LogP contribution is -2.02. The van der Waals surface area contributed by atoms with Crippen LogP contribution in [0.2, 0.25) is 0 Å². The summed E-state index contributed by atoms with van der Waals surface area (Å²) in [5.41, 5.74) is 0. The maximum Gasteiger partial charge on any atom is 0.202 e. The summed E-state index contributed by atoms with van der Waals surface area (Å²) >= 11 is 0. The van der Waals surface area contributed by atoms with E-state index in [4.69, 9.17) is 6.11 Å². The monoisotopic (exact) mass is 157 g/mol. The Balaban J connectivity index is 2.34. The number of rotatable bonds is 4. The molecular formula is C6H12N4O. The summed E-state index contributed by atoms with van der Waals surface area (Å²) in [6, 6.07) is 0. The first-order chi connectivity index (χ1) is 5.70. The van der Waals surface area contributed by atoms with Gasteiger partial charge in [0.05, 0.1) is 0 Å². The number of nitrogens with one attached hydrogen (secondary N) is 1. The third-order valence-electron chi connectivity index (χ3n) is 1.24. The van der Waals surface area contributed by atoms with E-state index in [1.54, 1.807) is 6.92 Å². The highest BCUT2D eigenvalue weighted by molar-refractivity contribution is 4.80. The Morgan fingerprint density at radius 1 is 1.82 bits per heavy atom. The van der Waals surface area contributed by atoms with E-state index in [-0.39, 0.29) is 12.5 Å². The van der Waals surface area contributed by atoms with Gasteiger partial charge in [0.1, 0.15) is 6.10 Å². The van der Waals surface area contributed by atoms with Gasteiger partial charge in [-0.3, -0.25) is 0 Å². The van der Waals surface area contributed by atoms with Crippen LogP contribution < -0.4 is 0 Å². The van der Waals surface area contributed by atoms with Crippen molar-refractivity contribution in [2.24, 2.45) is 0 Å². The van der Waals surface area contributed by atoms with E-state index in [0.29, 0.717) is 12.4 Å². The highest BCUT2D eigenvalue weighted by atomic mass is 16.5. The average Bonchev–Trinajstić information content (AvgIpc) is 2.51. The van der Waals surface area contributed by atoms with E-state index < -0.39 is 0 Å². The van der Waals surface area contributed by atoms with Crippen molar-refractivity contribution in [3.8, 4) is 0 Å². The molecule has 0 saturated heterocycles. The zero-order valence-corrected chi connectivity index (χ0v) is 6.61. The predicted octanol–water partition coefficient (Wildman–Crippen LogP) is 0.687. The Labute approximate surface area is 66.5 Å². The zero-order valence-electron chi connectivity index (χ0n) is 7.61. The molecule has 0 fully saturated rings. The van der Waals surface area contributed by atoms with Crippen LogP contribution in [-0.4, -0.2) is 27.2 Å². The Bertz CT molecular complexity index is 213. The maximum atomic E-state index is 7.21. The molecule has 0 saturated carbocycles. The van der Waals surface area contributed by atoms with E-state index in [9.17, 15) is 0 Å². The largest absolute Gasteiger partial charge is 0.370 e. The van der Waals surface area contributed by atoms with Gasteiger partial charge in [0, 0.05) is 7.98 Å². The first-order valence-corrected chi connectivity index (χ1v) is 3.47.